The minimum atomic E-state index is -0.0429. The van der Waals surface area contributed by atoms with Crippen molar-refractivity contribution in [2.75, 3.05) is 23.8 Å². The van der Waals surface area contributed by atoms with Crippen molar-refractivity contribution in [3.63, 3.8) is 0 Å². The van der Waals surface area contributed by atoms with Crippen molar-refractivity contribution in [1.82, 2.24) is 4.98 Å². The van der Waals surface area contributed by atoms with E-state index in [1.807, 2.05) is 55.5 Å². The number of carbonyl (C=O) groups is 1. The van der Waals surface area contributed by atoms with Crippen LogP contribution in [-0.4, -0.2) is 29.8 Å². The van der Waals surface area contributed by atoms with Crippen molar-refractivity contribution >= 4 is 44.9 Å². The number of fused-ring (bicyclic) bond motifs is 1. The summed E-state index contributed by atoms with van der Waals surface area (Å²) < 4.78 is 7.43. The van der Waals surface area contributed by atoms with Crippen molar-refractivity contribution < 1.29 is 9.53 Å². The maximum Gasteiger partial charge on any atom is 0.237 e. The average molecular weight is 398 g/mol. The van der Waals surface area contributed by atoms with Crippen molar-refractivity contribution in [3.05, 3.63) is 48.5 Å². The van der Waals surface area contributed by atoms with Gasteiger partial charge < -0.3 is 9.64 Å². The first-order chi connectivity index (χ1) is 13.2. The van der Waals surface area contributed by atoms with E-state index >= 15 is 0 Å². The highest BCUT2D eigenvalue weighted by Crippen LogP contribution is 2.30. The Labute approximate surface area is 166 Å². The summed E-state index contributed by atoms with van der Waals surface area (Å²) in [6, 6.07) is 17.4. The van der Waals surface area contributed by atoms with Gasteiger partial charge in [-0.05, 0) is 43.3 Å². The lowest BCUT2D eigenvalue weighted by Crippen LogP contribution is -2.33. The number of rotatable bonds is 8. The molecule has 0 aliphatic carbocycles. The molecule has 0 bridgehead atoms. The number of hydrogen-bond acceptors (Lipinski definition) is 6. The third kappa shape index (κ3) is 5.00. The fourth-order valence-electron chi connectivity index (χ4n) is 2.56. The van der Waals surface area contributed by atoms with Gasteiger partial charge in [0.05, 0.1) is 35.1 Å². The Morgan fingerprint density at radius 1 is 1.26 bits per heavy atom. The standard InChI is InChI=1S/C20H19N3O2S2/c1-2-25-16-10-8-15(9-11-16)23(13-5-12-21)19(24)14-26-20-22-17-6-3-4-7-18(17)27-20/h3-4,6-11H,2,5,13-14H2,1H3. The minimum Gasteiger partial charge on any atom is -0.494 e. The number of hydrogen-bond donors (Lipinski definition) is 0. The largest absolute Gasteiger partial charge is 0.494 e. The predicted molar refractivity (Wildman–Crippen MR) is 111 cm³/mol. The van der Waals surface area contributed by atoms with Gasteiger partial charge in [0.2, 0.25) is 5.91 Å². The summed E-state index contributed by atoms with van der Waals surface area (Å²) in [6.07, 6.45) is 0.282. The summed E-state index contributed by atoms with van der Waals surface area (Å²) in [6.45, 7) is 2.88. The molecule has 0 aliphatic rings. The smallest absolute Gasteiger partial charge is 0.237 e. The van der Waals surface area contributed by atoms with Crippen LogP contribution in [0.2, 0.25) is 0 Å². The molecule has 0 aliphatic heterocycles. The summed E-state index contributed by atoms with van der Waals surface area (Å²) in [5.74, 6) is 0.995. The minimum absolute atomic E-state index is 0.0429. The first kappa shape index (κ1) is 19.2. The topological polar surface area (TPSA) is 66.2 Å². The van der Waals surface area contributed by atoms with E-state index in [0.29, 0.717) is 13.2 Å². The van der Waals surface area contributed by atoms with Gasteiger partial charge in [-0.15, -0.1) is 11.3 Å². The molecule has 27 heavy (non-hydrogen) atoms. The van der Waals surface area contributed by atoms with E-state index in [1.54, 1.807) is 16.2 Å². The van der Waals surface area contributed by atoms with E-state index in [4.69, 9.17) is 10.00 Å². The number of nitriles is 1. The highest BCUT2D eigenvalue weighted by atomic mass is 32.2. The number of carbonyl (C=O) groups excluding carboxylic acids is 1. The molecule has 138 valence electrons. The van der Waals surface area contributed by atoms with E-state index in [0.717, 1.165) is 26.0 Å². The zero-order valence-corrected chi connectivity index (χ0v) is 16.6. The van der Waals surface area contributed by atoms with E-state index in [2.05, 4.69) is 11.1 Å². The molecule has 0 saturated heterocycles. The quantitative estimate of drug-likeness (QED) is 0.514. The predicted octanol–water partition coefficient (Wildman–Crippen LogP) is 4.73. The third-order valence-corrected chi connectivity index (χ3v) is 5.97. The van der Waals surface area contributed by atoms with E-state index in [9.17, 15) is 4.79 Å². The third-order valence-electron chi connectivity index (χ3n) is 3.80. The normalized spacial score (nSPS) is 10.5. The highest BCUT2D eigenvalue weighted by Gasteiger charge is 2.17. The number of anilines is 1. The second-order valence-electron chi connectivity index (χ2n) is 5.62. The summed E-state index contributed by atoms with van der Waals surface area (Å²) >= 11 is 3.01. The fourth-order valence-corrected chi connectivity index (χ4v) is 4.51. The number of nitrogens with zero attached hydrogens (tertiary/aromatic N) is 3. The second kappa shape index (κ2) is 9.40. The number of ether oxygens (including phenoxy) is 1. The van der Waals surface area contributed by atoms with Gasteiger partial charge in [-0.3, -0.25) is 4.79 Å². The van der Waals surface area contributed by atoms with Crippen LogP contribution in [0.5, 0.6) is 5.75 Å². The highest BCUT2D eigenvalue weighted by molar-refractivity contribution is 8.01. The number of para-hydroxylation sites is 1. The maximum absolute atomic E-state index is 12.8. The van der Waals surface area contributed by atoms with Crippen LogP contribution in [-0.2, 0) is 4.79 Å². The Hall–Kier alpha value is -2.56. The molecule has 0 radical (unpaired) electrons. The lowest BCUT2D eigenvalue weighted by Gasteiger charge is -2.21. The maximum atomic E-state index is 12.8. The van der Waals surface area contributed by atoms with Crippen LogP contribution in [0.3, 0.4) is 0 Å². The molecule has 0 spiro atoms. The molecule has 5 nitrogen and oxygen atoms in total. The van der Waals surface area contributed by atoms with Crippen LogP contribution < -0.4 is 9.64 Å². The van der Waals surface area contributed by atoms with Crippen molar-refractivity contribution in [1.29, 1.82) is 5.26 Å². The summed E-state index contributed by atoms with van der Waals surface area (Å²) in [5.41, 5.74) is 1.72. The van der Waals surface area contributed by atoms with Gasteiger partial charge in [-0.25, -0.2) is 4.98 Å². The summed E-state index contributed by atoms with van der Waals surface area (Å²) in [4.78, 5) is 19.0. The number of amides is 1. The first-order valence-electron chi connectivity index (χ1n) is 8.60. The van der Waals surface area contributed by atoms with Crippen molar-refractivity contribution in [2.45, 2.75) is 17.7 Å². The molecule has 1 heterocycles. The van der Waals surface area contributed by atoms with Gasteiger partial charge in [0.25, 0.3) is 0 Å². The Balaban J connectivity index is 1.69. The summed E-state index contributed by atoms with van der Waals surface area (Å²) in [7, 11) is 0. The molecule has 0 atom stereocenters. The molecule has 0 N–H and O–H groups in total. The molecule has 1 amide bonds. The number of thiazole rings is 1. The molecule has 0 saturated carbocycles. The molecule has 0 unspecified atom stereocenters. The van der Waals surface area contributed by atoms with Gasteiger partial charge in [0, 0.05) is 12.2 Å². The Bertz CT molecular complexity index is 915. The zero-order chi connectivity index (χ0) is 19.1. The van der Waals surface area contributed by atoms with Crippen LogP contribution in [0.4, 0.5) is 5.69 Å². The van der Waals surface area contributed by atoms with Gasteiger partial charge in [-0.1, -0.05) is 23.9 Å². The van der Waals surface area contributed by atoms with Crippen LogP contribution in [0.25, 0.3) is 10.2 Å². The van der Waals surface area contributed by atoms with Crippen LogP contribution in [0.1, 0.15) is 13.3 Å². The zero-order valence-electron chi connectivity index (χ0n) is 14.9. The van der Waals surface area contributed by atoms with Gasteiger partial charge in [0.1, 0.15) is 5.75 Å². The first-order valence-corrected chi connectivity index (χ1v) is 10.4. The van der Waals surface area contributed by atoms with E-state index < -0.39 is 0 Å². The van der Waals surface area contributed by atoms with E-state index in [-0.39, 0.29) is 18.1 Å². The number of aromatic nitrogens is 1. The van der Waals surface area contributed by atoms with Gasteiger partial charge >= 0.3 is 0 Å². The van der Waals surface area contributed by atoms with Crippen molar-refractivity contribution in [2.24, 2.45) is 0 Å². The monoisotopic (exact) mass is 397 g/mol. The molecule has 1 aromatic heterocycles. The van der Waals surface area contributed by atoms with Gasteiger partial charge in [0.15, 0.2) is 4.34 Å². The van der Waals surface area contributed by atoms with E-state index in [1.165, 1.54) is 11.8 Å². The fraction of sp³-hybridized carbons (Fsp3) is 0.250. The average Bonchev–Trinajstić information content (AvgIpc) is 3.11. The number of benzene rings is 2. The molecule has 0 fully saturated rings. The molecular weight excluding hydrogens is 378 g/mol. The molecular formula is C20H19N3O2S2. The Morgan fingerprint density at radius 3 is 2.74 bits per heavy atom. The van der Waals surface area contributed by atoms with Crippen LogP contribution in [0.15, 0.2) is 52.9 Å². The molecule has 3 rings (SSSR count). The van der Waals surface area contributed by atoms with Crippen LogP contribution in [0, 0.1) is 11.3 Å². The molecule has 2 aromatic carbocycles. The Kier molecular flexibility index (Phi) is 6.69. The Morgan fingerprint density at radius 2 is 2.04 bits per heavy atom. The van der Waals surface area contributed by atoms with Gasteiger partial charge in [-0.2, -0.15) is 5.26 Å². The lowest BCUT2D eigenvalue weighted by molar-refractivity contribution is -0.116. The lowest BCUT2D eigenvalue weighted by atomic mass is 10.2. The second-order valence-corrected chi connectivity index (χ2v) is 7.87. The molecule has 3 aromatic rings. The summed E-state index contributed by atoms with van der Waals surface area (Å²) in [5, 5.41) is 8.92. The van der Waals surface area contributed by atoms with Crippen molar-refractivity contribution in [3.8, 4) is 11.8 Å². The SMILES string of the molecule is CCOc1ccc(N(CCC#N)C(=O)CSc2nc3ccccc3s2)cc1. The number of thioether (sulfide) groups is 1. The van der Waals surface area contributed by atoms with Crippen LogP contribution >= 0.6 is 23.1 Å². The molecule has 7 heteroatoms.